The van der Waals surface area contributed by atoms with E-state index in [1.165, 1.54) is 4.90 Å². The molecule has 1 aliphatic heterocycles. The molecule has 1 amide bonds. The number of nitrogens with zero attached hydrogens (tertiary/aromatic N) is 3. The number of aromatic nitrogens is 1. The fraction of sp³-hybridized carbons (Fsp3) is 0.706. The molecule has 0 aromatic carbocycles. The van der Waals surface area contributed by atoms with Gasteiger partial charge in [0.2, 0.25) is 5.91 Å². The molecule has 9 heteroatoms. The van der Waals surface area contributed by atoms with Gasteiger partial charge in [-0.1, -0.05) is 13.8 Å². The van der Waals surface area contributed by atoms with Crippen molar-refractivity contribution in [1.29, 1.82) is 0 Å². The van der Waals surface area contributed by atoms with Gasteiger partial charge in [-0.15, -0.1) is 35.3 Å². The van der Waals surface area contributed by atoms with Gasteiger partial charge in [-0.3, -0.25) is 4.79 Å². The van der Waals surface area contributed by atoms with E-state index in [4.69, 9.17) is 4.74 Å². The number of halogens is 1. The normalized spacial score (nSPS) is 17.1. The van der Waals surface area contributed by atoms with Gasteiger partial charge < -0.3 is 20.3 Å². The van der Waals surface area contributed by atoms with Crippen molar-refractivity contribution in [3.8, 4) is 0 Å². The molecule has 1 saturated heterocycles. The van der Waals surface area contributed by atoms with Crippen molar-refractivity contribution < 1.29 is 9.53 Å². The lowest BCUT2D eigenvalue weighted by Crippen LogP contribution is -2.41. The van der Waals surface area contributed by atoms with Crippen molar-refractivity contribution >= 4 is 47.2 Å². The van der Waals surface area contributed by atoms with Crippen LogP contribution in [0, 0.1) is 0 Å². The smallest absolute Gasteiger partial charge is 0.243 e. The fourth-order valence-corrected chi connectivity index (χ4v) is 3.20. The topological polar surface area (TPSA) is 78.9 Å². The van der Waals surface area contributed by atoms with Gasteiger partial charge in [0.1, 0.15) is 11.6 Å². The second-order valence-corrected chi connectivity index (χ2v) is 7.59. The summed E-state index contributed by atoms with van der Waals surface area (Å²) in [6.45, 7) is 6.48. The summed E-state index contributed by atoms with van der Waals surface area (Å²) in [6, 6.07) is 0. The highest BCUT2D eigenvalue weighted by atomic mass is 127. The van der Waals surface area contributed by atoms with Gasteiger partial charge in [0.05, 0.1) is 18.3 Å². The summed E-state index contributed by atoms with van der Waals surface area (Å²) in [5.41, 5.74) is 1.11. The molecule has 0 bridgehead atoms. The van der Waals surface area contributed by atoms with Crippen molar-refractivity contribution in [2.75, 3.05) is 33.8 Å². The summed E-state index contributed by atoms with van der Waals surface area (Å²) in [5, 5.41) is 9.64. The summed E-state index contributed by atoms with van der Waals surface area (Å²) >= 11 is 1.64. The van der Waals surface area contributed by atoms with Crippen LogP contribution in [0.25, 0.3) is 0 Å². The van der Waals surface area contributed by atoms with Gasteiger partial charge in [-0.2, -0.15) is 0 Å². The zero-order chi connectivity index (χ0) is 18.2. The van der Waals surface area contributed by atoms with Crippen molar-refractivity contribution in [2.24, 2.45) is 4.99 Å². The van der Waals surface area contributed by atoms with Crippen LogP contribution in [-0.2, 0) is 16.1 Å². The SMILES string of the molecule is CC(C)c1csc(CNC(=NCC(=O)N(C)C)NCC2CCCO2)n1.I. The molecule has 1 aliphatic rings. The first-order valence-electron chi connectivity index (χ1n) is 8.74. The fourth-order valence-electron chi connectivity index (χ4n) is 2.31. The number of hydrogen-bond acceptors (Lipinski definition) is 5. The van der Waals surface area contributed by atoms with E-state index in [2.05, 4.69) is 39.8 Å². The molecule has 2 heterocycles. The molecule has 0 aliphatic carbocycles. The van der Waals surface area contributed by atoms with E-state index in [1.54, 1.807) is 25.4 Å². The lowest BCUT2D eigenvalue weighted by Gasteiger charge is -2.15. The minimum absolute atomic E-state index is 0. The number of aliphatic imine (C=N–C) groups is 1. The van der Waals surface area contributed by atoms with E-state index in [-0.39, 0.29) is 42.5 Å². The lowest BCUT2D eigenvalue weighted by atomic mass is 10.2. The van der Waals surface area contributed by atoms with E-state index in [1.807, 2.05) is 0 Å². The van der Waals surface area contributed by atoms with Crippen molar-refractivity contribution in [3.63, 3.8) is 0 Å². The van der Waals surface area contributed by atoms with Crippen molar-refractivity contribution in [3.05, 3.63) is 16.1 Å². The predicted octanol–water partition coefficient (Wildman–Crippen LogP) is 2.19. The molecule has 1 aromatic rings. The Morgan fingerprint density at radius 3 is 2.81 bits per heavy atom. The number of hydrogen-bond donors (Lipinski definition) is 2. The highest BCUT2D eigenvalue weighted by molar-refractivity contribution is 14.0. The Labute approximate surface area is 177 Å². The number of rotatable bonds is 7. The van der Waals surface area contributed by atoms with Gasteiger partial charge in [0.15, 0.2) is 5.96 Å². The number of likely N-dealkylation sites (N-methyl/N-ethyl adjacent to an activating group) is 1. The molecule has 2 rings (SSSR count). The van der Waals surface area contributed by atoms with E-state index in [9.17, 15) is 4.79 Å². The van der Waals surface area contributed by atoms with E-state index in [0.29, 0.717) is 25.0 Å². The van der Waals surface area contributed by atoms with Crippen molar-refractivity contribution in [1.82, 2.24) is 20.5 Å². The quantitative estimate of drug-likeness (QED) is 0.345. The molecule has 0 saturated carbocycles. The van der Waals surface area contributed by atoms with Crippen LogP contribution in [0.4, 0.5) is 0 Å². The molecule has 1 atom stereocenters. The zero-order valence-electron chi connectivity index (χ0n) is 15.9. The Hall–Kier alpha value is -0.940. The van der Waals surface area contributed by atoms with E-state index >= 15 is 0 Å². The Bertz CT molecular complexity index is 585. The molecule has 0 spiro atoms. The Balaban J connectivity index is 0.00000338. The van der Waals surface area contributed by atoms with Crippen LogP contribution >= 0.6 is 35.3 Å². The second kappa shape index (κ2) is 11.7. The number of nitrogens with one attached hydrogen (secondary N) is 2. The molecule has 0 radical (unpaired) electrons. The minimum Gasteiger partial charge on any atom is -0.376 e. The van der Waals surface area contributed by atoms with Crippen LogP contribution in [0.5, 0.6) is 0 Å². The third kappa shape index (κ3) is 7.75. The molecular formula is C17H30IN5O2S. The van der Waals surface area contributed by atoms with Crippen LogP contribution in [-0.4, -0.2) is 61.6 Å². The van der Waals surface area contributed by atoms with Gasteiger partial charge >= 0.3 is 0 Å². The highest BCUT2D eigenvalue weighted by Crippen LogP contribution is 2.17. The molecule has 26 heavy (non-hydrogen) atoms. The van der Waals surface area contributed by atoms with Gasteiger partial charge in [0, 0.05) is 32.6 Å². The van der Waals surface area contributed by atoms with Crippen LogP contribution in [0.3, 0.4) is 0 Å². The monoisotopic (exact) mass is 495 g/mol. The maximum absolute atomic E-state index is 11.8. The van der Waals surface area contributed by atoms with Crippen LogP contribution in [0.2, 0.25) is 0 Å². The molecule has 1 aromatic heterocycles. The first kappa shape index (κ1) is 23.1. The largest absolute Gasteiger partial charge is 0.376 e. The second-order valence-electron chi connectivity index (χ2n) is 6.64. The summed E-state index contributed by atoms with van der Waals surface area (Å²) in [4.78, 5) is 22.3. The standard InChI is InChI=1S/C17H29N5O2S.HI/c1-12(2)14-11-25-15(21-14)9-19-17(20-10-16(23)22(3)4)18-8-13-6-5-7-24-13;/h11-13H,5-10H2,1-4H3,(H2,18,19,20);1H. The molecule has 2 N–H and O–H groups in total. The molecular weight excluding hydrogens is 465 g/mol. The molecule has 7 nitrogen and oxygen atoms in total. The Morgan fingerprint density at radius 1 is 1.46 bits per heavy atom. The van der Waals surface area contributed by atoms with E-state index < -0.39 is 0 Å². The van der Waals surface area contributed by atoms with Gasteiger partial charge in [-0.05, 0) is 18.8 Å². The van der Waals surface area contributed by atoms with E-state index in [0.717, 1.165) is 30.2 Å². The average molecular weight is 495 g/mol. The summed E-state index contributed by atoms with van der Waals surface area (Å²) < 4.78 is 5.63. The third-order valence-corrected chi connectivity index (χ3v) is 4.83. The van der Waals surface area contributed by atoms with Crippen molar-refractivity contribution in [2.45, 2.75) is 45.3 Å². The summed E-state index contributed by atoms with van der Waals surface area (Å²) in [6.07, 6.45) is 2.37. The Morgan fingerprint density at radius 2 is 2.23 bits per heavy atom. The lowest BCUT2D eigenvalue weighted by molar-refractivity contribution is -0.127. The first-order valence-corrected chi connectivity index (χ1v) is 9.62. The summed E-state index contributed by atoms with van der Waals surface area (Å²) in [7, 11) is 3.46. The first-order chi connectivity index (χ1) is 12.0. The van der Waals surface area contributed by atoms with Gasteiger partial charge in [0.25, 0.3) is 0 Å². The highest BCUT2D eigenvalue weighted by Gasteiger charge is 2.16. The Kier molecular flexibility index (Phi) is 10.4. The zero-order valence-corrected chi connectivity index (χ0v) is 19.1. The molecule has 148 valence electrons. The average Bonchev–Trinajstić information content (AvgIpc) is 3.25. The van der Waals surface area contributed by atoms with Gasteiger partial charge in [-0.25, -0.2) is 9.98 Å². The number of carbonyl (C=O) groups excluding carboxylic acids is 1. The predicted molar refractivity (Wildman–Crippen MR) is 116 cm³/mol. The number of carbonyl (C=O) groups is 1. The number of amides is 1. The number of thiazole rings is 1. The third-order valence-electron chi connectivity index (χ3n) is 3.96. The molecule has 1 fully saturated rings. The van der Waals surface area contributed by atoms with Crippen LogP contribution < -0.4 is 10.6 Å². The van der Waals surface area contributed by atoms with Crippen LogP contribution in [0.15, 0.2) is 10.4 Å². The number of ether oxygens (including phenoxy) is 1. The minimum atomic E-state index is -0.0328. The maximum Gasteiger partial charge on any atom is 0.243 e. The summed E-state index contributed by atoms with van der Waals surface area (Å²) in [5.74, 6) is 1.01. The molecule has 1 unspecified atom stereocenters. The maximum atomic E-state index is 11.8. The van der Waals surface area contributed by atoms with Crippen LogP contribution in [0.1, 0.15) is 43.3 Å². The number of guanidine groups is 1.